The van der Waals surface area contributed by atoms with Gasteiger partial charge in [-0.15, -0.1) is 0 Å². The topological polar surface area (TPSA) is 70.9 Å². The fourth-order valence-corrected chi connectivity index (χ4v) is 5.08. The van der Waals surface area contributed by atoms with E-state index in [4.69, 9.17) is 23.2 Å². The maximum atomic E-state index is 12.7. The molecular formula is C17H24Cl2N3O3S+. The molecule has 0 aromatic heterocycles. The van der Waals surface area contributed by atoms with Gasteiger partial charge in [0.1, 0.15) is 0 Å². The highest BCUT2D eigenvalue weighted by Crippen LogP contribution is 2.32. The molecule has 1 aromatic carbocycles. The lowest BCUT2D eigenvalue weighted by atomic mass is 10.2. The molecule has 1 saturated carbocycles. The third-order valence-corrected chi connectivity index (χ3v) is 7.72. The van der Waals surface area contributed by atoms with Crippen LogP contribution in [0.3, 0.4) is 0 Å². The Morgan fingerprint density at radius 1 is 1.27 bits per heavy atom. The van der Waals surface area contributed by atoms with Gasteiger partial charge in [0.25, 0.3) is 5.91 Å². The predicted molar refractivity (Wildman–Crippen MR) is 101 cm³/mol. The van der Waals surface area contributed by atoms with Gasteiger partial charge in [-0.2, -0.15) is 4.31 Å². The summed E-state index contributed by atoms with van der Waals surface area (Å²) in [7, 11) is -3.60. The van der Waals surface area contributed by atoms with Crippen LogP contribution in [0.5, 0.6) is 0 Å². The molecule has 1 saturated heterocycles. The molecule has 0 unspecified atom stereocenters. The minimum absolute atomic E-state index is 0.0418. The highest BCUT2D eigenvalue weighted by molar-refractivity contribution is 7.89. The molecule has 1 aliphatic heterocycles. The molecule has 3 rings (SSSR count). The van der Waals surface area contributed by atoms with Gasteiger partial charge in [-0.25, -0.2) is 8.42 Å². The van der Waals surface area contributed by atoms with Gasteiger partial charge in [-0.05, 0) is 43.9 Å². The molecule has 1 aliphatic carbocycles. The van der Waals surface area contributed by atoms with Crippen LogP contribution in [0.4, 0.5) is 0 Å². The molecule has 26 heavy (non-hydrogen) atoms. The van der Waals surface area contributed by atoms with E-state index < -0.39 is 10.0 Å². The van der Waals surface area contributed by atoms with E-state index in [-0.39, 0.29) is 21.9 Å². The van der Waals surface area contributed by atoms with Gasteiger partial charge in [0, 0.05) is 6.04 Å². The Morgan fingerprint density at radius 2 is 1.92 bits per heavy atom. The number of amides is 1. The number of benzene rings is 1. The van der Waals surface area contributed by atoms with Crippen LogP contribution < -0.4 is 10.2 Å². The number of hydrogen-bond donors (Lipinski definition) is 2. The molecule has 1 amide bonds. The van der Waals surface area contributed by atoms with Crippen molar-refractivity contribution in [2.75, 3.05) is 32.7 Å². The molecule has 9 heteroatoms. The molecule has 0 bridgehead atoms. The summed E-state index contributed by atoms with van der Waals surface area (Å²) in [4.78, 5) is 13.4. The summed E-state index contributed by atoms with van der Waals surface area (Å²) in [5.41, 5.74) is 0. The zero-order chi connectivity index (χ0) is 18.9. The first-order valence-corrected chi connectivity index (χ1v) is 11.0. The molecule has 1 atom stereocenters. The number of hydrogen-bond acceptors (Lipinski definition) is 3. The third kappa shape index (κ3) is 4.70. The second kappa shape index (κ2) is 8.02. The summed E-state index contributed by atoms with van der Waals surface area (Å²) in [6.45, 7) is 4.40. The van der Waals surface area contributed by atoms with Crippen molar-refractivity contribution in [3.63, 3.8) is 0 Å². The van der Waals surface area contributed by atoms with Gasteiger partial charge in [-0.1, -0.05) is 23.2 Å². The number of carbonyl (C=O) groups excluding carboxylic acids is 1. The summed E-state index contributed by atoms with van der Waals surface area (Å²) in [5, 5.41) is 3.60. The lowest BCUT2D eigenvalue weighted by molar-refractivity contribution is -0.895. The first-order chi connectivity index (χ1) is 12.3. The Labute approximate surface area is 164 Å². The summed E-state index contributed by atoms with van der Waals surface area (Å²) in [6, 6.07) is 4.57. The minimum Gasteiger partial charge on any atom is -0.348 e. The fraction of sp³-hybridized carbons (Fsp3) is 0.588. The highest BCUT2D eigenvalue weighted by atomic mass is 35.5. The van der Waals surface area contributed by atoms with E-state index in [9.17, 15) is 13.2 Å². The van der Waals surface area contributed by atoms with Crippen molar-refractivity contribution in [3.05, 3.63) is 28.2 Å². The average molecular weight is 421 g/mol. The van der Waals surface area contributed by atoms with Gasteiger partial charge >= 0.3 is 0 Å². The van der Waals surface area contributed by atoms with Crippen molar-refractivity contribution in [1.29, 1.82) is 0 Å². The lowest BCUT2D eigenvalue weighted by Crippen LogP contribution is -3.15. The van der Waals surface area contributed by atoms with E-state index in [0.717, 1.165) is 4.90 Å². The fourth-order valence-electron chi connectivity index (χ4n) is 3.25. The molecular weight excluding hydrogens is 397 g/mol. The zero-order valence-corrected chi connectivity index (χ0v) is 17.0. The van der Waals surface area contributed by atoms with E-state index in [0.29, 0.717) is 43.7 Å². The molecule has 2 aliphatic rings. The largest absolute Gasteiger partial charge is 0.348 e. The van der Waals surface area contributed by atoms with Crippen molar-refractivity contribution in [2.24, 2.45) is 5.92 Å². The monoisotopic (exact) mass is 420 g/mol. The zero-order valence-electron chi connectivity index (χ0n) is 14.7. The second-order valence-electron chi connectivity index (χ2n) is 7.10. The minimum atomic E-state index is -3.60. The molecule has 2 fully saturated rings. The predicted octanol–water partition coefficient (Wildman–Crippen LogP) is 0.797. The summed E-state index contributed by atoms with van der Waals surface area (Å²) < 4.78 is 26.9. The van der Waals surface area contributed by atoms with Gasteiger partial charge in [0.2, 0.25) is 10.0 Å². The van der Waals surface area contributed by atoms with Gasteiger partial charge < -0.3 is 10.2 Å². The number of halogens is 2. The maximum Gasteiger partial charge on any atom is 0.275 e. The first-order valence-electron chi connectivity index (χ1n) is 8.85. The van der Waals surface area contributed by atoms with Crippen molar-refractivity contribution in [3.8, 4) is 0 Å². The number of rotatable bonds is 6. The Kier molecular flexibility index (Phi) is 6.14. The quantitative estimate of drug-likeness (QED) is 0.714. The number of piperazine rings is 1. The van der Waals surface area contributed by atoms with Gasteiger partial charge in [-0.3, -0.25) is 4.79 Å². The van der Waals surface area contributed by atoms with Gasteiger partial charge in [0.05, 0.1) is 41.1 Å². The Hall–Kier alpha value is -0.860. The van der Waals surface area contributed by atoms with Crippen LogP contribution in [-0.4, -0.2) is 57.4 Å². The van der Waals surface area contributed by atoms with E-state index >= 15 is 0 Å². The van der Waals surface area contributed by atoms with E-state index in [1.165, 1.54) is 35.3 Å². The van der Waals surface area contributed by atoms with Crippen LogP contribution in [-0.2, 0) is 14.8 Å². The Bertz CT molecular complexity index is 775. The molecule has 0 spiro atoms. The number of sulfonamides is 1. The van der Waals surface area contributed by atoms with Crippen molar-refractivity contribution in [1.82, 2.24) is 9.62 Å². The molecule has 6 nitrogen and oxygen atoms in total. The van der Waals surface area contributed by atoms with Crippen molar-refractivity contribution >= 4 is 39.1 Å². The summed E-state index contributed by atoms with van der Waals surface area (Å²) in [6.07, 6.45) is 2.39. The first kappa shape index (κ1) is 19.9. The van der Waals surface area contributed by atoms with E-state index in [2.05, 4.69) is 5.32 Å². The molecule has 2 N–H and O–H groups in total. The standard InChI is InChI=1S/C17H23Cl2N3O3S/c1-12(13-2-3-13)20-17(23)11-21-6-8-22(9-7-21)26(24,25)14-4-5-15(18)16(19)10-14/h4-5,10,12-13H,2-3,6-9,11H2,1H3,(H,20,23)/p+1/t12-/m1/s1. The molecule has 144 valence electrons. The van der Waals surface area contributed by atoms with Crippen LogP contribution in [0, 0.1) is 5.92 Å². The number of nitrogens with one attached hydrogen (secondary N) is 2. The van der Waals surface area contributed by atoms with Crippen LogP contribution in [0.25, 0.3) is 0 Å². The maximum absolute atomic E-state index is 12.7. The normalized spacial score (nSPS) is 20.7. The summed E-state index contributed by atoms with van der Waals surface area (Å²) in [5.74, 6) is 0.669. The van der Waals surface area contributed by atoms with Crippen molar-refractivity contribution < 1.29 is 18.1 Å². The Morgan fingerprint density at radius 3 is 2.50 bits per heavy atom. The highest BCUT2D eigenvalue weighted by Gasteiger charge is 2.33. The van der Waals surface area contributed by atoms with Crippen LogP contribution in [0.1, 0.15) is 19.8 Å². The Balaban J connectivity index is 1.53. The summed E-state index contributed by atoms with van der Waals surface area (Å²) >= 11 is 11.8. The smallest absolute Gasteiger partial charge is 0.275 e. The van der Waals surface area contributed by atoms with Crippen LogP contribution in [0.15, 0.2) is 23.1 Å². The second-order valence-corrected chi connectivity index (χ2v) is 9.85. The number of carbonyl (C=O) groups is 1. The van der Waals surface area contributed by atoms with E-state index in [1.807, 2.05) is 6.92 Å². The van der Waals surface area contributed by atoms with Crippen LogP contribution in [0.2, 0.25) is 10.0 Å². The lowest BCUT2D eigenvalue weighted by Gasteiger charge is -2.31. The third-order valence-electron chi connectivity index (χ3n) is 5.09. The molecule has 1 heterocycles. The SMILES string of the molecule is C[C@@H](NC(=O)C[NH+]1CCN(S(=O)(=O)c2ccc(Cl)c(Cl)c2)CC1)C1CC1. The number of nitrogens with zero attached hydrogens (tertiary/aromatic N) is 1. The van der Waals surface area contributed by atoms with E-state index in [1.54, 1.807) is 0 Å². The van der Waals surface area contributed by atoms with Crippen molar-refractivity contribution in [2.45, 2.75) is 30.7 Å². The van der Waals surface area contributed by atoms with Gasteiger partial charge in [0.15, 0.2) is 6.54 Å². The number of quaternary nitrogens is 1. The molecule has 1 aromatic rings. The average Bonchev–Trinajstić information content (AvgIpc) is 3.42. The molecule has 0 radical (unpaired) electrons. The van der Waals surface area contributed by atoms with Crippen LogP contribution >= 0.6 is 23.2 Å².